The Labute approximate surface area is 103 Å². The van der Waals surface area contributed by atoms with Gasteiger partial charge in [0.1, 0.15) is 12.9 Å². The van der Waals surface area contributed by atoms with Crippen LogP contribution in [-0.2, 0) is 4.57 Å². The Hall–Kier alpha value is -1.39. The van der Waals surface area contributed by atoms with Gasteiger partial charge >= 0.3 is 0 Å². The summed E-state index contributed by atoms with van der Waals surface area (Å²) in [5.41, 5.74) is 0.574. The summed E-state index contributed by atoms with van der Waals surface area (Å²) in [6.45, 7) is 4.17. The van der Waals surface area contributed by atoms with Crippen molar-refractivity contribution in [2.75, 3.05) is 24.2 Å². The molecule has 0 spiro atoms. The zero-order chi connectivity index (χ0) is 12.9. The number of aromatic hydroxyl groups is 1. The summed E-state index contributed by atoms with van der Waals surface area (Å²) in [5, 5.41) is 13.4. The Morgan fingerprint density at radius 3 is 2.53 bits per heavy atom. The van der Waals surface area contributed by atoms with Gasteiger partial charge in [0.25, 0.3) is 0 Å². The van der Waals surface area contributed by atoms with E-state index in [1.807, 2.05) is 13.8 Å². The van der Waals surface area contributed by atoms with Crippen molar-refractivity contribution in [1.82, 2.24) is 0 Å². The van der Waals surface area contributed by atoms with E-state index in [4.69, 9.17) is 6.42 Å². The number of phenols is 1. The molecule has 2 N–H and O–H groups in total. The fourth-order valence-electron chi connectivity index (χ4n) is 1.66. The van der Waals surface area contributed by atoms with E-state index in [9.17, 15) is 9.67 Å². The second kappa shape index (κ2) is 5.80. The number of hydrogen-bond donors (Lipinski definition) is 2. The van der Waals surface area contributed by atoms with Crippen LogP contribution in [0.5, 0.6) is 5.75 Å². The number of anilines is 1. The van der Waals surface area contributed by atoms with Crippen LogP contribution >= 0.6 is 7.14 Å². The molecule has 17 heavy (non-hydrogen) atoms. The van der Waals surface area contributed by atoms with Crippen molar-refractivity contribution in [2.45, 2.75) is 13.8 Å². The van der Waals surface area contributed by atoms with Gasteiger partial charge in [-0.25, -0.2) is 0 Å². The molecule has 0 atom stereocenters. The first-order valence-corrected chi connectivity index (χ1v) is 7.74. The summed E-state index contributed by atoms with van der Waals surface area (Å²) >= 11 is 0. The lowest BCUT2D eigenvalue weighted by atomic mass is 10.3. The third-order valence-electron chi connectivity index (χ3n) is 2.85. The van der Waals surface area contributed by atoms with Gasteiger partial charge in [-0.05, 0) is 18.2 Å². The summed E-state index contributed by atoms with van der Waals surface area (Å²) < 4.78 is 12.5. The Kier molecular flexibility index (Phi) is 4.66. The molecule has 0 aromatic heterocycles. The molecule has 0 amide bonds. The highest BCUT2D eigenvalue weighted by atomic mass is 31.2. The summed E-state index contributed by atoms with van der Waals surface area (Å²) in [6, 6.07) is 5.10. The molecule has 92 valence electrons. The standard InChI is InChI=1S/C13H18NO2P/c1-4-9-14-12-8-7-11(10-13(12)15)17(16,5-2)6-3/h1,7-8,10,14-15H,5-6,9H2,2-3H3. The molecule has 1 aromatic carbocycles. The normalized spacial score (nSPS) is 10.9. The molecular formula is C13H18NO2P. The van der Waals surface area contributed by atoms with E-state index in [0.717, 1.165) is 5.30 Å². The molecule has 0 fully saturated rings. The number of hydrogen-bond acceptors (Lipinski definition) is 3. The van der Waals surface area contributed by atoms with E-state index < -0.39 is 7.14 Å². The van der Waals surface area contributed by atoms with E-state index >= 15 is 0 Å². The quantitative estimate of drug-likeness (QED) is 0.480. The first kappa shape index (κ1) is 13.7. The van der Waals surface area contributed by atoms with Gasteiger partial charge in [0.05, 0.1) is 12.2 Å². The van der Waals surface area contributed by atoms with Gasteiger partial charge in [-0.1, -0.05) is 19.8 Å². The molecule has 0 bridgehead atoms. The molecule has 1 aromatic rings. The van der Waals surface area contributed by atoms with Crippen molar-refractivity contribution in [3.8, 4) is 18.1 Å². The minimum absolute atomic E-state index is 0.0971. The highest BCUT2D eigenvalue weighted by Gasteiger charge is 2.20. The Morgan fingerprint density at radius 2 is 2.06 bits per heavy atom. The van der Waals surface area contributed by atoms with Gasteiger partial charge in [0, 0.05) is 17.6 Å². The van der Waals surface area contributed by atoms with Gasteiger partial charge in [-0.2, -0.15) is 0 Å². The number of nitrogens with one attached hydrogen (secondary N) is 1. The summed E-state index contributed by atoms with van der Waals surface area (Å²) in [7, 11) is -2.33. The Morgan fingerprint density at radius 1 is 1.41 bits per heavy atom. The fourth-order valence-corrected chi connectivity index (χ4v) is 3.54. The molecule has 1 rings (SSSR count). The first-order valence-electron chi connectivity index (χ1n) is 5.66. The number of phenolic OH excluding ortho intramolecular Hbond substituents is 1. The van der Waals surface area contributed by atoms with Crippen LogP contribution in [-0.4, -0.2) is 24.0 Å². The summed E-state index contributed by atoms with van der Waals surface area (Å²) in [4.78, 5) is 0. The van der Waals surface area contributed by atoms with Crippen LogP contribution in [0.2, 0.25) is 0 Å². The minimum Gasteiger partial charge on any atom is -0.506 e. The minimum atomic E-state index is -2.33. The van der Waals surface area contributed by atoms with Crippen LogP contribution in [0.1, 0.15) is 13.8 Å². The van der Waals surface area contributed by atoms with E-state index in [1.165, 1.54) is 0 Å². The third kappa shape index (κ3) is 3.05. The van der Waals surface area contributed by atoms with Crippen LogP contribution < -0.4 is 10.6 Å². The maximum Gasteiger partial charge on any atom is 0.139 e. The van der Waals surface area contributed by atoms with Crippen LogP contribution in [0, 0.1) is 12.3 Å². The maximum absolute atomic E-state index is 12.5. The van der Waals surface area contributed by atoms with Crippen molar-refractivity contribution < 1.29 is 9.67 Å². The largest absolute Gasteiger partial charge is 0.506 e. The highest BCUT2D eigenvalue weighted by Crippen LogP contribution is 2.44. The van der Waals surface area contributed by atoms with E-state index in [0.29, 0.717) is 24.6 Å². The highest BCUT2D eigenvalue weighted by molar-refractivity contribution is 7.71. The fraction of sp³-hybridized carbons (Fsp3) is 0.385. The van der Waals surface area contributed by atoms with Crippen molar-refractivity contribution in [2.24, 2.45) is 0 Å². The van der Waals surface area contributed by atoms with Crippen LogP contribution in [0.15, 0.2) is 18.2 Å². The molecule has 0 saturated heterocycles. The predicted molar refractivity (Wildman–Crippen MR) is 73.8 cm³/mol. The zero-order valence-corrected chi connectivity index (χ0v) is 11.1. The molecule has 3 nitrogen and oxygen atoms in total. The van der Waals surface area contributed by atoms with Crippen LogP contribution in [0.4, 0.5) is 5.69 Å². The Balaban J connectivity index is 3.04. The maximum atomic E-state index is 12.5. The van der Waals surface area contributed by atoms with Crippen LogP contribution in [0.25, 0.3) is 0 Å². The zero-order valence-electron chi connectivity index (χ0n) is 10.2. The first-order chi connectivity index (χ1) is 8.07. The third-order valence-corrected chi connectivity index (χ3v) is 6.12. The number of benzene rings is 1. The lowest BCUT2D eigenvalue weighted by molar-refractivity contribution is 0.478. The average molecular weight is 251 g/mol. The smallest absolute Gasteiger partial charge is 0.139 e. The SMILES string of the molecule is C#CCNc1ccc(P(=O)(CC)CC)cc1O. The molecule has 0 aliphatic rings. The molecule has 4 heteroatoms. The Bertz CT molecular complexity index is 469. The molecule has 0 saturated carbocycles. The van der Waals surface area contributed by atoms with Gasteiger partial charge in [0.15, 0.2) is 0 Å². The van der Waals surface area contributed by atoms with Gasteiger partial charge in [0.2, 0.25) is 0 Å². The molecule has 0 aliphatic carbocycles. The lowest BCUT2D eigenvalue weighted by Crippen LogP contribution is -2.09. The van der Waals surface area contributed by atoms with Crippen molar-refractivity contribution >= 4 is 18.1 Å². The van der Waals surface area contributed by atoms with Gasteiger partial charge in [-0.3, -0.25) is 0 Å². The van der Waals surface area contributed by atoms with Crippen LogP contribution in [0.3, 0.4) is 0 Å². The molecule has 0 unspecified atom stereocenters. The molecule has 0 radical (unpaired) electrons. The summed E-state index contributed by atoms with van der Waals surface area (Å²) in [6.07, 6.45) is 6.35. The second-order valence-electron chi connectivity index (χ2n) is 3.78. The topological polar surface area (TPSA) is 49.3 Å². The van der Waals surface area contributed by atoms with Crippen molar-refractivity contribution in [3.63, 3.8) is 0 Å². The van der Waals surface area contributed by atoms with Crippen molar-refractivity contribution in [3.05, 3.63) is 18.2 Å². The number of terminal acetylenes is 1. The average Bonchev–Trinajstić information content (AvgIpc) is 2.36. The van der Waals surface area contributed by atoms with Gasteiger partial charge < -0.3 is 15.0 Å². The predicted octanol–water partition coefficient (Wildman–Crippen LogP) is 2.47. The summed E-state index contributed by atoms with van der Waals surface area (Å²) in [5.74, 6) is 2.53. The van der Waals surface area contributed by atoms with Gasteiger partial charge in [-0.15, -0.1) is 6.42 Å². The van der Waals surface area contributed by atoms with Crippen molar-refractivity contribution in [1.29, 1.82) is 0 Å². The number of rotatable bonds is 5. The monoisotopic (exact) mass is 251 g/mol. The lowest BCUT2D eigenvalue weighted by Gasteiger charge is -2.16. The molecule has 0 heterocycles. The van der Waals surface area contributed by atoms with E-state index in [1.54, 1.807) is 18.2 Å². The molecule has 0 aliphatic heterocycles. The van der Waals surface area contributed by atoms with E-state index in [2.05, 4.69) is 11.2 Å². The molecular weight excluding hydrogens is 233 g/mol. The second-order valence-corrected chi connectivity index (χ2v) is 7.34. The van der Waals surface area contributed by atoms with E-state index in [-0.39, 0.29) is 5.75 Å².